The van der Waals surface area contributed by atoms with E-state index in [4.69, 9.17) is 0 Å². The van der Waals surface area contributed by atoms with Gasteiger partial charge in [0.1, 0.15) is 0 Å². The van der Waals surface area contributed by atoms with Gasteiger partial charge in [-0.05, 0) is 30.5 Å². The second-order valence-corrected chi connectivity index (χ2v) is 9.29. The summed E-state index contributed by atoms with van der Waals surface area (Å²) in [5.41, 5.74) is 2.44. The number of carbonyl (C=O) groups is 2. The van der Waals surface area contributed by atoms with Crippen molar-refractivity contribution in [1.29, 1.82) is 0 Å². The Balaban J connectivity index is 1.13. The van der Waals surface area contributed by atoms with Crippen molar-refractivity contribution in [3.8, 4) is 0 Å². The molecule has 3 amide bonds. The summed E-state index contributed by atoms with van der Waals surface area (Å²) in [5, 5.41) is 6.07. The highest BCUT2D eigenvalue weighted by Gasteiger charge is 2.26. The van der Waals surface area contributed by atoms with Crippen LogP contribution in [0.4, 0.5) is 4.79 Å². The number of piperazine rings is 2. The van der Waals surface area contributed by atoms with Crippen LogP contribution < -0.4 is 10.6 Å². The number of urea groups is 1. The Kier molecular flexibility index (Phi) is 8.00. The molecule has 0 bridgehead atoms. The van der Waals surface area contributed by atoms with E-state index >= 15 is 0 Å². The van der Waals surface area contributed by atoms with E-state index in [0.29, 0.717) is 32.2 Å². The fraction of sp³-hybridized carbons (Fsp3) is 0.667. The standard InChI is InChI=1S/C24H38N6O2/c1-2-27-9-11-28(12-10-27)18-21-5-3-20(4-6-21)17-25-24(32)30-15-13-29(14-16-30)19-23(31)26-22-7-8-22/h3-6,22H,2,7-19H2,1H3,(H,25,32)(H,26,31). The molecule has 3 aliphatic rings. The van der Waals surface area contributed by atoms with E-state index in [-0.39, 0.29) is 11.9 Å². The first-order chi connectivity index (χ1) is 15.6. The minimum Gasteiger partial charge on any atom is -0.352 e. The van der Waals surface area contributed by atoms with Crippen molar-refractivity contribution in [1.82, 2.24) is 30.2 Å². The van der Waals surface area contributed by atoms with Crippen LogP contribution in [0.2, 0.25) is 0 Å². The number of benzene rings is 1. The monoisotopic (exact) mass is 442 g/mol. The molecule has 0 radical (unpaired) electrons. The number of hydrogen-bond acceptors (Lipinski definition) is 5. The van der Waals surface area contributed by atoms with Crippen molar-refractivity contribution >= 4 is 11.9 Å². The van der Waals surface area contributed by atoms with Gasteiger partial charge in [0, 0.05) is 71.5 Å². The number of hydrogen-bond donors (Lipinski definition) is 2. The first-order valence-corrected chi connectivity index (χ1v) is 12.2. The predicted octanol–water partition coefficient (Wildman–Crippen LogP) is 0.930. The molecule has 1 aromatic carbocycles. The number of nitrogens with one attached hydrogen (secondary N) is 2. The Morgan fingerprint density at radius 1 is 0.844 bits per heavy atom. The van der Waals surface area contributed by atoms with Crippen LogP contribution in [0.5, 0.6) is 0 Å². The molecule has 32 heavy (non-hydrogen) atoms. The maximum absolute atomic E-state index is 12.5. The third-order valence-corrected chi connectivity index (χ3v) is 6.75. The third-order valence-electron chi connectivity index (χ3n) is 6.75. The van der Waals surface area contributed by atoms with E-state index in [2.05, 4.69) is 56.5 Å². The van der Waals surface area contributed by atoms with E-state index in [0.717, 1.165) is 70.8 Å². The fourth-order valence-corrected chi connectivity index (χ4v) is 4.39. The fourth-order valence-electron chi connectivity index (χ4n) is 4.39. The largest absolute Gasteiger partial charge is 0.352 e. The summed E-state index contributed by atoms with van der Waals surface area (Å²) < 4.78 is 0. The SMILES string of the molecule is CCN1CCN(Cc2ccc(CNC(=O)N3CCN(CC(=O)NC4CC4)CC3)cc2)CC1. The second kappa shape index (κ2) is 11.1. The van der Waals surface area contributed by atoms with Gasteiger partial charge in [0.15, 0.2) is 0 Å². The molecule has 8 heteroatoms. The molecule has 3 fully saturated rings. The van der Waals surface area contributed by atoms with E-state index in [1.807, 2.05) is 4.90 Å². The van der Waals surface area contributed by atoms with Crippen molar-refractivity contribution < 1.29 is 9.59 Å². The maximum Gasteiger partial charge on any atom is 0.317 e. The van der Waals surface area contributed by atoms with E-state index in [1.54, 1.807) is 0 Å². The van der Waals surface area contributed by atoms with Gasteiger partial charge in [0.25, 0.3) is 0 Å². The summed E-state index contributed by atoms with van der Waals surface area (Å²) in [4.78, 5) is 33.5. The molecular formula is C24H38N6O2. The van der Waals surface area contributed by atoms with Gasteiger partial charge in [0.2, 0.25) is 5.91 Å². The lowest BCUT2D eigenvalue weighted by molar-refractivity contribution is -0.122. The molecule has 8 nitrogen and oxygen atoms in total. The topological polar surface area (TPSA) is 71.2 Å². The van der Waals surface area contributed by atoms with Crippen LogP contribution in [0.1, 0.15) is 30.9 Å². The van der Waals surface area contributed by atoms with E-state index in [1.165, 1.54) is 5.56 Å². The van der Waals surface area contributed by atoms with Crippen molar-refractivity contribution in [2.24, 2.45) is 0 Å². The number of rotatable bonds is 8. The predicted molar refractivity (Wildman–Crippen MR) is 125 cm³/mol. The van der Waals surface area contributed by atoms with Gasteiger partial charge < -0.3 is 20.4 Å². The van der Waals surface area contributed by atoms with Crippen molar-refractivity contribution in [3.05, 3.63) is 35.4 Å². The molecule has 2 N–H and O–H groups in total. The first kappa shape index (κ1) is 23.0. The summed E-state index contributed by atoms with van der Waals surface area (Å²) in [5.74, 6) is 0.108. The Bertz CT molecular complexity index is 750. The van der Waals surface area contributed by atoms with Crippen LogP contribution in [-0.2, 0) is 17.9 Å². The Labute approximate surface area is 191 Å². The van der Waals surface area contributed by atoms with Gasteiger partial charge in [-0.1, -0.05) is 31.2 Å². The number of carbonyl (C=O) groups excluding carboxylic acids is 2. The molecule has 1 saturated carbocycles. The van der Waals surface area contributed by atoms with Crippen LogP contribution >= 0.6 is 0 Å². The highest BCUT2D eigenvalue weighted by atomic mass is 16.2. The maximum atomic E-state index is 12.5. The molecule has 0 unspecified atom stereocenters. The zero-order chi connectivity index (χ0) is 22.3. The van der Waals surface area contributed by atoms with Gasteiger partial charge in [0.05, 0.1) is 6.54 Å². The summed E-state index contributed by atoms with van der Waals surface area (Å²) >= 11 is 0. The molecule has 176 valence electrons. The normalized spacial score (nSPS) is 20.8. The average molecular weight is 443 g/mol. The smallest absolute Gasteiger partial charge is 0.317 e. The van der Waals surface area contributed by atoms with Gasteiger partial charge in [-0.15, -0.1) is 0 Å². The van der Waals surface area contributed by atoms with Gasteiger partial charge in [-0.3, -0.25) is 14.6 Å². The highest BCUT2D eigenvalue weighted by molar-refractivity contribution is 5.78. The number of likely N-dealkylation sites (N-methyl/N-ethyl adjacent to an activating group) is 1. The van der Waals surface area contributed by atoms with Crippen LogP contribution in [0.3, 0.4) is 0 Å². The molecule has 0 atom stereocenters. The molecule has 2 heterocycles. The van der Waals surface area contributed by atoms with Crippen molar-refractivity contribution in [2.75, 3.05) is 65.4 Å². The number of nitrogens with zero attached hydrogens (tertiary/aromatic N) is 4. The van der Waals surface area contributed by atoms with Gasteiger partial charge in [-0.2, -0.15) is 0 Å². The van der Waals surface area contributed by atoms with Gasteiger partial charge in [-0.25, -0.2) is 4.79 Å². The Morgan fingerprint density at radius 2 is 1.44 bits per heavy atom. The Morgan fingerprint density at radius 3 is 2.06 bits per heavy atom. The lowest BCUT2D eigenvalue weighted by Gasteiger charge is -2.34. The molecule has 4 rings (SSSR count). The lowest BCUT2D eigenvalue weighted by Crippen LogP contribution is -2.53. The number of amides is 3. The minimum absolute atomic E-state index is 0.0232. The molecule has 2 saturated heterocycles. The van der Waals surface area contributed by atoms with E-state index in [9.17, 15) is 9.59 Å². The quantitative estimate of drug-likeness (QED) is 0.627. The molecule has 1 aliphatic carbocycles. The molecule has 2 aliphatic heterocycles. The molecule has 1 aromatic rings. The zero-order valence-corrected chi connectivity index (χ0v) is 19.4. The van der Waals surface area contributed by atoms with Crippen LogP contribution in [0.25, 0.3) is 0 Å². The van der Waals surface area contributed by atoms with Crippen molar-refractivity contribution in [2.45, 2.75) is 38.9 Å². The molecule has 0 spiro atoms. The first-order valence-electron chi connectivity index (χ1n) is 12.2. The summed E-state index contributed by atoms with van der Waals surface area (Å²) in [6.45, 7) is 12.7. The van der Waals surface area contributed by atoms with Crippen LogP contribution in [0, 0.1) is 0 Å². The summed E-state index contributed by atoms with van der Waals surface area (Å²) in [6.07, 6.45) is 2.22. The van der Waals surface area contributed by atoms with Crippen LogP contribution in [0.15, 0.2) is 24.3 Å². The lowest BCUT2D eigenvalue weighted by atomic mass is 10.1. The molecule has 0 aromatic heterocycles. The summed E-state index contributed by atoms with van der Waals surface area (Å²) in [6, 6.07) is 8.98. The van der Waals surface area contributed by atoms with Crippen LogP contribution in [-0.4, -0.2) is 103 Å². The average Bonchev–Trinajstić information content (AvgIpc) is 3.63. The van der Waals surface area contributed by atoms with E-state index < -0.39 is 0 Å². The third kappa shape index (κ3) is 6.92. The summed E-state index contributed by atoms with van der Waals surface area (Å²) in [7, 11) is 0. The van der Waals surface area contributed by atoms with Crippen molar-refractivity contribution in [3.63, 3.8) is 0 Å². The van der Waals surface area contributed by atoms with Gasteiger partial charge >= 0.3 is 6.03 Å². The molecular weight excluding hydrogens is 404 g/mol. The highest BCUT2D eigenvalue weighted by Crippen LogP contribution is 2.18. The minimum atomic E-state index is -0.0232. The zero-order valence-electron chi connectivity index (χ0n) is 19.4. The second-order valence-electron chi connectivity index (χ2n) is 9.29. The Hall–Kier alpha value is -2.16.